The van der Waals surface area contributed by atoms with Gasteiger partial charge in [-0.1, -0.05) is 5.16 Å². The molecule has 0 unspecified atom stereocenters. The zero-order valence-corrected chi connectivity index (χ0v) is 9.96. The van der Waals surface area contributed by atoms with Crippen LogP contribution in [0.2, 0.25) is 0 Å². The number of nitrogens with zero attached hydrogens (tertiary/aromatic N) is 2. The summed E-state index contributed by atoms with van der Waals surface area (Å²) in [5.41, 5.74) is 0.277. The van der Waals surface area contributed by atoms with Gasteiger partial charge in [0.2, 0.25) is 5.91 Å². The minimum atomic E-state index is -4.62. The predicted molar refractivity (Wildman–Crippen MR) is 55.8 cm³/mol. The second-order valence-corrected chi connectivity index (χ2v) is 5.17. The largest absolute Gasteiger partial charge is 0.471 e. The van der Waals surface area contributed by atoms with E-state index in [2.05, 4.69) is 20.0 Å². The summed E-state index contributed by atoms with van der Waals surface area (Å²) in [7, 11) is 0. The van der Waals surface area contributed by atoms with Crippen LogP contribution in [0, 0.1) is 11.3 Å². The zero-order valence-electron chi connectivity index (χ0n) is 9.96. The Labute approximate surface area is 106 Å². The van der Waals surface area contributed by atoms with Crippen molar-refractivity contribution in [2.45, 2.75) is 31.9 Å². The first-order chi connectivity index (χ1) is 8.91. The predicted octanol–water partition coefficient (Wildman–Crippen LogP) is 1.55. The van der Waals surface area contributed by atoms with Gasteiger partial charge in [-0.3, -0.25) is 4.79 Å². The van der Waals surface area contributed by atoms with Crippen molar-refractivity contribution in [2.24, 2.45) is 11.3 Å². The molecule has 3 rings (SSSR count). The number of amides is 1. The summed E-state index contributed by atoms with van der Waals surface area (Å²) in [6.45, 7) is 0.224. The molecular weight excluding hydrogens is 263 g/mol. The Hall–Kier alpha value is -1.60. The number of halogens is 3. The number of alkyl halides is 3. The van der Waals surface area contributed by atoms with Crippen LogP contribution in [0.1, 0.15) is 31.0 Å². The molecule has 1 amide bonds. The third-order valence-electron chi connectivity index (χ3n) is 3.76. The molecule has 2 aliphatic carbocycles. The average Bonchev–Trinajstić information content (AvgIpc) is 3.20. The van der Waals surface area contributed by atoms with Crippen LogP contribution in [-0.4, -0.2) is 22.6 Å². The van der Waals surface area contributed by atoms with Crippen molar-refractivity contribution >= 4 is 5.91 Å². The van der Waals surface area contributed by atoms with E-state index in [-0.39, 0.29) is 36.0 Å². The second kappa shape index (κ2) is 3.94. The SMILES string of the molecule is O=C(NCCc1noc(C(F)(F)F)n1)[C@@H]1CC12CC2. The Morgan fingerprint density at radius 1 is 1.47 bits per heavy atom. The van der Waals surface area contributed by atoms with E-state index < -0.39 is 12.1 Å². The van der Waals surface area contributed by atoms with Crippen molar-refractivity contribution in [2.75, 3.05) is 6.54 Å². The highest BCUT2D eigenvalue weighted by atomic mass is 19.4. The van der Waals surface area contributed by atoms with Gasteiger partial charge in [-0.2, -0.15) is 18.2 Å². The van der Waals surface area contributed by atoms with Gasteiger partial charge >= 0.3 is 12.1 Å². The Balaban J connectivity index is 1.45. The van der Waals surface area contributed by atoms with Crippen LogP contribution in [-0.2, 0) is 17.4 Å². The molecule has 1 N–H and O–H groups in total. The molecule has 0 aliphatic heterocycles. The zero-order chi connectivity index (χ0) is 13.7. The third kappa shape index (κ3) is 2.43. The molecule has 1 atom stereocenters. The fourth-order valence-electron chi connectivity index (χ4n) is 2.32. The Morgan fingerprint density at radius 3 is 2.74 bits per heavy atom. The summed E-state index contributed by atoms with van der Waals surface area (Å²) in [5.74, 6) is -1.32. The van der Waals surface area contributed by atoms with Crippen LogP contribution >= 0.6 is 0 Å². The lowest BCUT2D eigenvalue weighted by Crippen LogP contribution is -2.28. The molecule has 19 heavy (non-hydrogen) atoms. The summed E-state index contributed by atoms with van der Waals surface area (Å²) < 4.78 is 40.7. The highest BCUT2D eigenvalue weighted by molar-refractivity contribution is 5.83. The minimum absolute atomic E-state index is 0.0166. The lowest BCUT2D eigenvalue weighted by molar-refractivity contribution is -0.159. The maximum absolute atomic E-state index is 12.2. The number of hydrogen-bond acceptors (Lipinski definition) is 4. The van der Waals surface area contributed by atoms with Crippen molar-refractivity contribution in [1.29, 1.82) is 0 Å². The van der Waals surface area contributed by atoms with Crippen LogP contribution in [0.3, 0.4) is 0 Å². The lowest BCUT2D eigenvalue weighted by atomic mass is 10.3. The number of rotatable bonds is 4. The van der Waals surface area contributed by atoms with E-state index in [4.69, 9.17) is 0 Å². The molecule has 1 heterocycles. The first-order valence-corrected chi connectivity index (χ1v) is 6.08. The summed E-state index contributed by atoms with van der Waals surface area (Å²) in [6.07, 6.45) is -1.32. The van der Waals surface area contributed by atoms with Crippen molar-refractivity contribution in [3.8, 4) is 0 Å². The molecule has 1 aromatic rings. The Morgan fingerprint density at radius 2 is 2.21 bits per heavy atom. The third-order valence-corrected chi connectivity index (χ3v) is 3.76. The van der Waals surface area contributed by atoms with E-state index >= 15 is 0 Å². The fourth-order valence-corrected chi connectivity index (χ4v) is 2.32. The van der Waals surface area contributed by atoms with Gasteiger partial charge in [0.15, 0.2) is 5.82 Å². The van der Waals surface area contributed by atoms with Gasteiger partial charge in [0.1, 0.15) is 0 Å². The summed E-state index contributed by atoms with van der Waals surface area (Å²) in [6, 6.07) is 0. The normalized spacial score (nSPS) is 23.4. The molecule has 2 aliphatic rings. The van der Waals surface area contributed by atoms with E-state index in [0.717, 1.165) is 19.3 Å². The van der Waals surface area contributed by atoms with E-state index in [9.17, 15) is 18.0 Å². The molecule has 2 fully saturated rings. The van der Waals surface area contributed by atoms with Gasteiger partial charge in [-0.05, 0) is 24.7 Å². The highest BCUT2D eigenvalue weighted by Crippen LogP contribution is 2.70. The number of aromatic nitrogens is 2. The van der Waals surface area contributed by atoms with Crippen molar-refractivity contribution < 1.29 is 22.5 Å². The van der Waals surface area contributed by atoms with Gasteiger partial charge in [-0.15, -0.1) is 0 Å². The summed E-state index contributed by atoms with van der Waals surface area (Å²) in [5, 5.41) is 5.92. The van der Waals surface area contributed by atoms with Crippen LogP contribution in [0.15, 0.2) is 4.52 Å². The minimum Gasteiger partial charge on any atom is -0.355 e. The number of carbonyl (C=O) groups excluding carboxylic acids is 1. The second-order valence-electron chi connectivity index (χ2n) is 5.17. The van der Waals surface area contributed by atoms with Crippen molar-refractivity contribution in [3.05, 3.63) is 11.7 Å². The average molecular weight is 275 g/mol. The maximum Gasteiger partial charge on any atom is 0.471 e. The molecule has 0 saturated heterocycles. The molecular formula is C11H12F3N3O2. The standard InChI is InChI=1S/C11H12F3N3O2/c12-11(13,14)9-16-7(17-19-9)1-4-15-8(18)6-5-10(6)2-3-10/h6H,1-5H2,(H,15,18)/t6-/m0/s1. The molecule has 0 bridgehead atoms. The van der Waals surface area contributed by atoms with E-state index in [1.807, 2.05) is 0 Å². The quantitative estimate of drug-likeness (QED) is 0.905. The Bertz CT molecular complexity index is 508. The monoisotopic (exact) mass is 275 g/mol. The summed E-state index contributed by atoms with van der Waals surface area (Å²) >= 11 is 0. The number of carbonyl (C=O) groups is 1. The van der Waals surface area contributed by atoms with Crippen molar-refractivity contribution in [1.82, 2.24) is 15.5 Å². The number of hydrogen-bond donors (Lipinski definition) is 1. The number of nitrogens with one attached hydrogen (secondary N) is 1. The van der Waals surface area contributed by atoms with Gasteiger partial charge < -0.3 is 9.84 Å². The molecule has 5 nitrogen and oxygen atoms in total. The summed E-state index contributed by atoms with van der Waals surface area (Å²) in [4.78, 5) is 14.9. The topological polar surface area (TPSA) is 68.0 Å². The molecule has 104 valence electrons. The molecule has 1 spiro atoms. The van der Waals surface area contributed by atoms with Crippen LogP contribution in [0.4, 0.5) is 13.2 Å². The lowest BCUT2D eigenvalue weighted by Gasteiger charge is -2.01. The van der Waals surface area contributed by atoms with E-state index in [1.54, 1.807) is 0 Å². The van der Waals surface area contributed by atoms with E-state index in [0.29, 0.717) is 0 Å². The van der Waals surface area contributed by atoms with Gasteiger partial charge in [0, 0.05) is 18.9 Å². The smallest absolute Gasteiger partial charge is 0.355 e. The van der Waals surface area contributed by atoms with Crippen LogP contribution < -0.4 is 5.32 Å². The molecule has 2 saturated carbocycles. The van der Waals surface area contributed by atoms with E-state index in [1.165, 1.54) is 0 Å². The molecule has 0 radical (unpaired) electrons. The van der Waals surface area contributed by atoms with Crippen LogP contribution in [0.5, 0.6) is 0 Å². The first-order valence-electron chi connectivity index (χ1n) is 6.08. The Kier molecular flexibility index (Phi) is 2.58. The fraction of sp³-hybridized carbons (Fsp3) is 0.727. The molecule has 8 heteroatoms. The highest BCUT2D eigenvalue weighted by Gasteiger charge is 2.65. The maximum atomic E-state index is 12.2. The van der Waals surface area contributed by atoms with Gasteiger partial charge in [0.05, 0.1) is 0 Å². The first kappa shape index (κ1) is 12.4. The van der Waals surface area contributed by atoms with Gasteiger partial charge in [-0.25, -0.2) is 0 Å². The van der Waals surface area contributed by atoms with Crippen molar-refractivity contribution in [3.63, 3.8) is 0 Å². The van der Waals surface area contributed by atoms with Gasteiger partial charge in [0.25, 0.3) is 0 Å². The molecule has 0 aromatic carbocycles. The van der Waals surface area contributed by atoms with Crippen LogP contribution in [0.25, 0.3) is 0 Å². The molecule has 1 aromatic heterocycles.